The van der Waals surface area contributed by atoms with Gasteiger partial charge in [-0.15, -0.1) is 5.10 Å². The van der Waals surface area contributed by atoms with Crippen LogP contribution in [0.4, 0.5) is 5.69 Å². The molecular formula is C27H29N5O4. The Morgan fingerprint density at radius 2 is 2.08 bits per heavy atom. The van der Waals surface area contributed by atoms with Gasteiger partial charge in [0.2, 0.25) is 11.8 Å². The zero-order valence-electron chi connectivity index (χ0n) is 20.3. The Balaban J connectivity index is 1.53. The van der Waals surface area contributed by atoms with Gasteiger partial charge in [0.05, 0.1) is 25.4 Å². The number of para-hydroxylation sites is 1. The van der Waals surface area contributed by atoms with Crippen LogP contribution in [0.1, 0.15) is 42.6 Å². The Kier molecular flexibility index (Phi) is 5.72. The summed E-state index contributed by atoms with van der Waals surface area (Å²) in [5, 5.41) is 8.58. The molecule has 0 saturated carbocycles. The molecule has 4 heterocycles. The largest absolute Gasteiger partial charge is 0.494 e. The third-order valence-corrected chi connectivity index (χ3v) is 7.46. The molecule has 0 N–H and O–H groups in total. The van der Waals surface area contributed by atoms with E-state index in [-0.39, 0.29) is 18.4 Å². The minimum atomic E-state index is -0.909. The van der Waals surface area contributed by atoms with Crippen molar-refractivity contribution in [2.75, 3.05) is 31.3 Å². The van der Waals surface area contributed by atoms with Crippen molar-refractivity contribution in [2.24, 2.45) is 0 Å². The van der Waals surface area contributed by atoms with Gasteiger partial charge >= 0.3 is 0 Å². The van der Waals surface area contributed by atoms with E-state index in [1.807, 2.05) is 71.5 Å². The summed E-state index contributed by atoms with van der Waals surface area (Å²) < 4.78 is 13.3. The molecule has 2 aromatic carbocycles. The third kappa shape index (κ3) is 3.57. The monoisotopic (exact) mass is 487 g/mol. The van der Waals surface area contributed by atoms with Crippen molar-refractivity contribution in [3.8, 4) is 5.75 Å². The van der Waals surface area contributed by atoms with Crippen LogP contribution in [-0.4, -0.2) is 58.1 Å². The standard InChI is InChI=1S/C27H29N5O4/c1-2-35-18-24(33)31-13-11-27-22-9-3-4-10-23(22)32(26(27)34)17-20-16-30(29-28-20)12-6-14-36-21-8-5-7-19(15-21)25(27)31/h3-5,7-10,15-16,25H,2,6,11-14,17-18H2,1H3/t25-,27-/m0/s1. The molecule has 0 radical (unpaired) electrons. The molecule has 2 amide bonds. The maximum atomic E-state index is 14.5. The summed E-state index contributed by atoms with van der Waals surface area (Å²) in [6.45, 7) is 4.30. The van der Waals surface area contributed by atoms with Crippen LogP contribution in [0.2, 0.25) is 0 Å². The summed E-state index contributed by atoms with van der Waals surface area (Å²) in [6, 6.07) is 15.3. The zero-order chi connectivity index (χ0) is 24.7. The number of carbonyl (C=O) groups excluding carboxylic acids is 2. The number of likely N-dealkylation sites (tertiary alicyclic amines) is 1. The number of carbonyl (C=O) groups is 2. The number of amides is 2. The normalized spacial score (nSPS) is 22.9. The lowest BCUT2D eigenvalue weighted by Crippen LogP contribution is -2.46. The van der Waals surface area contributed by atoms with Crippen LogP contribution in [0, 0.1) is 0 Å². The summed E-state index contributed by atoms with van der Waals surface area (Å²) in [6.07, 6.45) is 3.19. The highest BCUT2D eigenvalue weighted by atomic mass is 16.5. The topological polar surface area (TPSA) is 89.8 Å². The number of benzene rings is 2. The molecular weight excluding hydrogens is 458 g/mol. The molecule has 9 nitrogen and oxygen atoms in total. The Hall–Kier alpha value is -3.72. The minimum absolute atomic E-state index is 0.0120. The summed E-state index contributed by atoms with van der Waals surface area (Å²) in [5.74, 6) is 0.585. The highest BCUT2D eigenvalue weighted by Crippen LogP contribution is 2.57. The molecule has 0 aliphatic carbocycles. The zero-order valence-corrected chi connectivity index (χ0v) is 20.3. The van der Waals surface area contributed by atoms with E-state index in [0.29, 0.717) is 39.3 Å². The molecule has 0 unspecified atom stereocenters. The molecule has 6 bridgehead atoms. The van der Waals surface area contributed by atoms with Gasteiger partial charge in [-0.3, -0.25) is 14.3 Å². The Bertz CT molecular complexity index is 1310. The van der Waals surface area contributed by atoms with E-state index in [1.54, 1.807) is 4.68 Å². The second-order valence-electron chi connectivity index (χ2n) is 9.50. The number of anilines is 1. The second kappa shape index (κ2) is 9.05. The average Bonchev–Trinajstić information content (AvgIpc) is 3.58. The number of nitrogens with zero attached hydrogens (tertiary/aromatic N) is 5. The van der Waals surface area contributed by atoms with Crippen molar-refractivity contribution in [3.63, 3.8) is 0 Å². The summed E-state index contributed by atoms with van der Waals surface area (Å²) in [5.41, 5.74) is 2.51. The van der Waals surface area contributed by atoms with Crippen molar-refractivity contribution in [1.82, 2.24) is 19.9 Å². The van der Waals surface area contributed by atoms with E-state index in [0.717, 1.165) is 34.7 Å². The van der Waals surface area contributed by atoms with Gasteiger partial charge < -0.3 is 19.3 Å². The molecule has 3 aliphatic rings. The predicted molar refractivity (Wildman–Crippen MR) is 131 cm³/mol. The third-order valence-electron chi connectivity index (χ3n) is 7.46. The van der Waals surface area contributed by atoms with Crippen LogP contribution in [0.15, 0.2) is 54.7 Å². The molecule has 36 heavy (non-hydrogen) atoms. The van der Waals surface area contributed by atoms with Gasteiger partial charge in [-0.1, -0.05) is 35.5 Å². The number of aromatic nitrogens is 3. The first-order chi connectivity index (χ1) is 17.6. The molecule has 9 heteroatoms. The van der Waals surface area contributed by atoms with Gasteiger partial charge in [-0.05, 0) is 42.7 Å². The predicted octanol–water partition coefficient (Wildman–Crippen LogP) is 2.86. The van der Waals surface area contributed by atoms with Crippen LogP contribution in [0.5, 0.6) is 5.75 Å². The van der Waals surface area contributed by atoms with Crippen molar-refractivity contribution in [2.45, 2.75) is 44.3 Å². The van der Waals surface area contributed by atoms with Gasteiger partial charge in [-0.2, -0.15) is 0 Å². The van der Waals surface area contributed by atoms with Crippen molar-refractivity contribution >= 4 is 17.5 Å². The fourth-order valence-corrected chi connectivity index (χ4v) is 5.92. The van der Waals surface area contributed by atoms with Crippen LogP contribution in [-0.2, 0) is 32.8 Å². The number of fused-ring (bicyclic) bond motifs is 8. The highest BCUT2D eigenvalue weighted by Gasteiger charge is 2.61. The van der Waals surface area contributed by atoms with Crippen molar-refractivity contribution < 1.29 is 19.1 Å². The molecule has 2 atom stereocenters. The molecule has 1 fully saturated rings. The van der Waals surface area contributed by atoms with Gasteiger partial charge in [0.1, 0.15) is 23.5 Å². The molecule has 3 aliphatic heterocycles. The quantitative estimate of drug-likeness (QED) is 0.565. The van der Waals surface area contributed by atoms with E-state index in [4.69, 9.17) is 9.47 Å². The lowest BCUT2D eigenvalue weighted by Gasteiger charge is -2.35. The fraction of sp³-hybridized carbons (Fsp3) is 0.407. The molecule has 186 valence electrons. The number of hydrogen-bond donors (Lipinski definition) is 0. The van der Waals surface area contributed by atoms with Gasteiger partial charge in [0.15, 0.2) is 0 Å². The van der Waals surface area contributed by atoms with Crippen molar-refractivity contribution in [1.29, 1.82) is 0 Å². The average molecular weight is 488 g/mol. The number of hydrogen-bond acceptors (Lipinski definition) is 6. The summed E-state index contributed by atoms with van der Waals surface area (Å²) >= 11 is 0. The molecule has 6 rings (SSSR count). The smallest absolute Gasteiger partial charge is 0.249 e. The van der Waals surface area contributed by atoms with E-state index in [2.05, 4.69) is 10.3 Å². The Labute approximate surface area is 209 Å². The van der Waals surface area contributed by atoms with Crippen LogP contribution >= 0.6 is 0 Å². The van der Waals surface area contributed by atoms with Crippen molar-refractivity contribution in [3.05, 3.63) is 71.5 Å². The first kappa shape index (κ1) is 22.7. The van der Waals surface area contributed by atoms with Gasteiger partial charge in [0.25, 0.3) is 0 Å². The summed E-state index contributed by atoms with van der Waals surface area (Å²) in [7, 11) is 0. The van der Waals surface area contributed by atoms with E-state index >= 15 is 0 Å². The highest BCUT2D eigenvalue weighted by molar-refractivity contribution is 6.09. The van der Waals surface area contributed by atoms with E-state index in [9.17, 15) is 9.59 Å². The molecule has 1 spiro atoms. The SMILES string of the molecule is CCOCC(=O)N1CC[C@@]23C(=O)N(Cc4cn(nn4)CCCOc4cccc(c4)[C@H]12)c1ccccc13. The summed E-state index contributed by atoms with van der Waals surface area (Å²) in [4.78, 5) is 31.5. The maximum Gasteiger partial charge on any atom is 0.249 e. The number of aryl methyl sites for hydroxylation is 1. The minimum Gasteiger partial charge on any atom is -0.494 e. The van der Waals surface area contributed by atoms with Crippen LogP contribution in [0.3, 0.4) is 0 Å². The number of rotatable bonds is 3. The lowest BCUT2D eigenvalue weighted by molar-refractivity contribution is -0.138. The molecule has 1 aromatic heterocycles. The first-order valence-corrected chi connectivity index (χ1v) is 12.5. The van der Waals surface area contributed by atoms with Crippen LogP contribution < -0.4 is 9.64 Å². The Morgan fingerprint density at radius 1 is 1.19 bits per heavy atom. The van der Waals surface area contributed by atoms with Crippen LogP contribution in [0.25, 0.3) is 0 Å². The molecule has 1 saturated heterocycles. The van der Waals surface area contributed by atoms with Gasteiger partial charge in [0, 0.05) is 31.8 Å². The Morgan fingerprint density at radius 3 is 2.97 bits per heavy atom. The lowest BCUT2D eigenvalue weighted by atomic mass is 9.72. The molecule has 3 aromatic rings. The maximum absolute atomic E-state index is 14.5. The fourth-order valence-electron chi connectivity index (χ4n) is 5.92. The van der Waals surface area contributed by atoms with E-state index in [1.165, 1.54) is 0 Å². The number of ether oxygens (including phenoxy) is 2. The van der Waals surface area contributed by atoms with Gasteiger partial charge in [-0.25, -0.2) is 0 Å². The second-order valence-corrected chi connectivity index (χ2v) is 9.50. The first-order valence-electron chi connectivity index (χ1n) is 12.5. The van der Waals surface area contributed by atoms with E-state index < -0.39 is 11.5 Å².